The van der Waals surface area contributed by atoms with Crippen LogP contribution in [0.2, 0.25) is 0 Å². The summed E-state index contributed by atoms with van der Waals surface area (Å²) in [5.74, 6) is -0.370. The Kier molecular flexibility index (Phi) is 7.35. The van der Waals surface area contributed by atoms with Crippen molar-refractivity contribution in [3.63, 3.8) is 0 Å². The summed E-state index contributed by atoms with van der Waals surface area (Å²) < 4.78 is 35.0. The Morgan fingerprint density at radius 1 is 1.19 bits per heavy atom. The molecule has 2 aromatic rings. The molecule has 1 unspecified atom stereocenters. The predicted molar refractivity (Wildman–Crippen MR) is 107 cm³/mol. The van der Waals surface area contributed by atoms with E-state index in [4.69, 9.17) is 8.92 Å². The molecule has 0 saturated carbocycles. The van der Waals surface area contributed by atoms with Gasteiger partial charge >= 0.3 is 5.97 Å². The molecule has 0 N–H and O–H groups in total. The molecule has 1 atom stereocenters. The quantitative estimate of drug-likeness (QED) is 0.369. The molecule has 27 heavy (non-hydrogen) atoms. The molecule has 7 heteroatoms. The van der Waals surface area contributed by atoms with Crippen LogP contribution in [0.15, 0.2) is 47.4 Å². The normalized spacial score (nSPS) is 13.4. The molecule has 1 aromatic carbocycles. The number of allylic oxidation sites excluding steroid dienone is 1. The Labute approximate surface area is 164 Å². The maximum Gasteiger partial charge on any atom is 0.331 e. The number of rotatable bonds is 8. The second-order valence-electron chi connectivity index (χ2n) is 6.22. The fraction of sp³-hybridized carbons (Fsp3) is 0.350. The van der Waals surface area contributed by atoms with Crippen LogP contribution in [0.5, 0.6) is 0 Å². The first-order valence-corrected chi connectivity index (χ1v) is 10.9. The van der Waals surface area contributed by atoms with E-state index >= 15 is 0 Å². The molecule has 1 heterocycles. The van der Waals surface area contributed by atoms with E-state index in [9.17, 15) is 13.2 Å². The summed E-state index contributed by atoms with van der Waals surface area (Å²) in [6.07, 6.45) is 1.42. The van der Waals surface area contributed by atoms with E-state index in [0.29, 0.717) is 13.0 Å². The van der Waals surface area contributed by atoms with Crippen molar-refractivity contribution in [1.29, 1.82) is 0 Å². The van der Waals surface area contributed by atoms with E-state index in [1.807, 2.05) is 26.0 Å². The number of aryl methyl sites for hydroxylation is 1. The van der Waals surface area contributed by atoms with Crippen molar-refractivity contribution in [3.8, 4) is 0 Å². The van der Waals surface area contributed by atoms with Crippen LogP contribution in [0, 0.1) is 6.92 Å². The van der Waals surface area contributed by atoms with E-state index in [0.717, 1.165) is 20.9 Å². The number of thiophene rings is 1. The monoisotopic (exact) mass is 408 g/mol. The van der Waals surface area contributed by atoms with E-state index in [1.165, 1.54) is 17.4 Å². The highest BCUT2D eigenvalue weighted by Crippen LogP contribution is 2.26. The second-order valence-corrected chi connectivity index (χ2v) is 8.96. The summed E-state index contributed by atoms with van der Waals surface area (Å²) in [6, 6.07) is 10.4. The van der Waals surface area contributed by atoms with Gasteiger partial charge in [0.1, 0.15) is 0 Å². The Bertz CT molecular complexity index is 908. The number of carbonyl (C=O) groups is 1. The van der Waals surface area contributed by atoms with Crippen LogP contribution in [-0.2, 0) is 30.3 Å². The zero-order chi connectivity index (χ0) is 20.0. The van der Waals surface area contributed by atoms with Gasteiger partial charge in [0.05, 0.1) is 17.6 Å². The average molecular weight is 409 g/mol. The Morgan fingerprint density at radius 2 is 1.85 bits per heavy atom. The van der Waals surface area contributed by atoms with Gasteiger partial charge in [0.25, 0.3) is 10.1 Å². The average Bonchev–Trinajstić information content (AvgIpc) is 3.03. The van der Waals surface area contributed by atoms with Gasteiger partial charge in [0, 0.05) is 22.3 Å². The molecular weight excluding hydrogens is 384 g/mol. The first kappa shape index (κ1) is 21.3. The summed E-state index contributed by atoms with van der Waals surface area (Å²) in [7, 11) is -3.80. The fourth-order valence-corrected chi connectivity index (χ4v) is 4.60. The molecule has 0 bridgehead atoms. The van der Waals surface area contributed by atoms with Crippen molar-refractivity contribution in [2.45, 2.75) is 45.1 Å². The molecule has 0 aliphatic carbocycles. The van der Waals surface area contributed by atoms with Crippen LogP contribution in [0.3, 0.4) is 0 Å². The number of ether oxygens (including phenoxy) is 1. The Morgan fingerprint density at radius 3 is 2.48 bits per heavy atom. The number of benzene rings is 1. The molecule has 2 rings (SSSR count). The third-order valence-corrected chi connectivity index (χ3v) is 6.43. The predicted octanol–water partition coefficient (Wildman–Crippen LogP) is 4.36. The minimum Gasteiger partial charge on any atom is -0.463 e. The van der Waals surface area contributed by atoms with E-state index in [2.05, 4.69) is 0 Å². The highest BCUT2D eigenvalue weighted by atomic mass is 32.2. The summed E-state index contributed by atoms with van der Waals surface area (Å²) in [5.41, 5.74) is 1.80. The lowest BCUT2D eigenvalue weighted by atomic mass is 10.2. The molecule has 0 spiro atoms. The third-order valence-electron chi connectivity index (χ3n) is 3.76. The molecule has 0 radical (unpaired) electrons. The van der Waals surface area contributed by atoms with Gasteiger partial charge in [0.15, 0.2) is 0 Å². The van der Waals surface area contributed by atoms with Crippen molar-refractivity contribution in [2.24, 2.45) is 0 Å². The molecule has 0 aliphatic rings. The van der Waals surface area contributed by atoms with Gasteiger partial charge in [-0.05, 0) is 57.5 Å². The van der Waals surface area contributed by atoms with Crippen LogP contribution in [0.4, 0.5) is 0 Å². The maximum atomic E-state index is 12.4. The molecule has 0 amide bonds. The smallest absolute Gasteiger partial charge is 0.331 e. The van der Waals surface area contributed by atoms with Crippen LogP contribution in [0.25, 0.3) is 5.57 Å². The number of carbonyl (C=O) groups excluding carboxylic acids is 1. The minimum atomic E-state index is -3.80. The van der Waals surface area contributed by atoms with Crippen molar-refractivity contribution < 1.29 is 22.1 Å². The molecule has 0 fully saturated rings. The van der Waals surface area contributed by atoms with Gasteiger partial charge in [0.2, 0.25) is 0 Å². The minimum absolute atomic E-state index is 0.153. The summed E-state index contributed by atoms with van der Waals surface area (Å²) in [4.78, 5) is 13.6. The first-order chi connectivity index (χ1) is 12.7. The highest BCUT2D eigenvalue weighted by Gasteiger charge is 2.20. The molecule has 5 nitrogen and oxygen atoms in total. The molecule has 0 aliphatic heterocycles. The Hall–Kier alpha value is -1.96. The summed E-state index contributed by atoms with van der Waals surface area (Å²) in [5, 5.41) is 0. The van der Waals surface area contributed by atoms with Crippen molar-refractivity contribution in [3.05, 3.63) is 57.8 Å². The van der Waals surface area contributed by atoms with E-state index in [-0.39, 0.29) is 10.9 Å². The van der Waals surface area contributed by atoms with E-state index in [1.54, 1.807) is 38.1 Å². The topological polar surface area (TPSA) is 69.7 Å². The van der Waals surface area contributed by atoms with Gasteiger partial charge in [-0.25, -0.2) is 4.79 Å². The molecule has 1 aromatic heterocycles. The fourth-order valence-electron chi connectivity index (χ4n) is 2.43. The number of hydrogen-bond acceptors (Lipinski definition) is 6. The Balaban J connectivity index is 2.02. The lowest BCUT2D eigenvalue weighted by molar-refractivity contribution is -0.137. The number of esters is 1. The van der Waals surface area contributed by atoms with Crippen LogP contribution < -0.4 is 0 Å². The zero-order valence-corrected chi connectivity index (χ0v) is 17.5. The van der Waals surface area contributed by atoms with E-state index < -0.39 is 16.2 Å². The lowest BCUT2D eigenvalue weighted by Crippen LogP contribution is -2.17. The van der Waals surface area contributed by atoms with Crippen molar-refractivity contribution in [1.82, 2.24) is 0 Å². The lowest BCUT2D eigenvalue weighted by Gasteiger charge is -2.12. The van der Waals surface area contributed by atoms with Gasteiger partial charge in [-0.3, -0.25) is 4.18 Å². The van der Waals surface area contributed by atoms with Crippen molar-refractivity contribution >= 4 is 33.0 Å². The van der Waals surface area contributed by atoms with Crippen LogP contribution in [0.1, 0.15) is 36.1 Å². The van der Waals surface area contributed by atoms with Gasteiger partial charge in [-0.15, -0.1) is 11.3 Å². The van der Waals surface area contributed by atoms with Crippen molar-refractivity contribution in [2.75, 3.05) is 6.61 Å². The van der Waals surface area contributed by atoms with Crippen LogP contribution >= 0.6 is 11.3 Å². The van der Waals surface area contributed by atoms with Gasteiger partial charge in [-0.2, -0.15) is 8.42 Å². The van der Waals surface area contributed by atoms with Crippen LogP contribution in [-0.4, -0.2) is 27.1 Å². The third kappa shape index (κ3) is 6.30. The standard InChI is InChI=1S/C20H24O5S2/c1-5-24-20(21)12-15(3)19-11-8-17(26-19)13-16(4)25-27(22,23)18-9-6-14(2)7-10-18/h6-12,16H,5,13H2,1-4H3/b15-12+. The SMILES string of the molecule is CCOC(=O)/C=C(\C)c1ccc(CC(C)OS(=O)(=O)c2ccc(C)cc2)s1. The maximum absolute atomic E-state index is 12.4. The summed E-state index contributed by atoms with van der Waals surface area (Å²) in [6.45, 7) is 7.56. The zero-order valence-electron chi connectivity index (χ0n) is 15.9. The number of hydrogen-bond donors (Lipinski definition) is 0. The molecule has 0 saturated heterocycles. The largest absolute Gasteiger partial charge is 0.463 e. The summed E-state index contributed by atoms with van der Waals surface area (Å²) >= 11 is 1.50. The molecule has 146 valence electrons. The highest BCUT2D eigenvalue weighted by molar-refractivity contribution is 7.86. The van der Waals surface area contributed by atoms with Gasteiger partial charge < -0.3 is 4.74 Å². The van der Waals surface area contributed by atoms with Gasteiger partial charge in [-0.1, -0.05) is 17.7 Å². The second kappa shape index (κ2) is 9.30. The molecular formula is C20H24O5S2. The first-order valence-electron chi connectivity index (χ1n) is 8.65.